The Morgan fingerprint density at radius 1 is 1.17 bits per heavy atom. The van der Waals surface area contributed by atoms with Crippen molar-refractivity contribution in [1.29, 1.82) is 0 Å². The van der Waals surface area contributed by atoms with Crippen LogP contribution in [0.15, 0.2) is 48.5 Å². The minimum Gasteiger partial charge on any atom is -0.388 e. The number of hydrogen-bond acceptors (Lipinski definition) is 4. The van der Waals surface area contributed by atoms with Gasteiger partial charge in [0.15, 0.2) is 5.13 Å². The fourth-order valence-corrected chi connectivity index (χ4v) is 4.36. The molecule has 0 fully saturated rings. The Balaban J connectivity index is 1.69. The first-order chi connectivity index (χ1) is 14.0. The van der Waals surface area contributed by atoms with Gasteiger partial charge in [-0.3, -0.25) is 4.79 Å². The highest BCUT2D eigenvalue weighted by Crippen LogP contribution is 2.35. The normalized spacial score (nSPS) is 12.0. The molecule has 0 aliphatic carbocycles. The summed E-state index contributed by atoms with van der Waals surface area (Å²) in [5, 5.41) is 14.6. The lowest BCUT2D eigenvalue weighted by Gasteiger charge is -2.10. The van der Waals surface area contributed by atoms with Gasteiger partial charge in [-0.05, 0) is 30.5 Å². The van der Waals surface area contributed by atoms with Crippen LogP contribution in [0, 0.1) is 0 Å². The molecule has 0 bridgehead atoms. The van der Waals surface area contributed by atoms with Gasteiger partial charge in [0, 0.05) is 16.9 Å². The van der Waals surface area contributed by atoms with Gasteiger partial charge in [-0.1, -0.05) is 72.9 Å². The number of amides is 1. The minimum absolute atomic E-state index is 0.169. The third kappa shape index (κ3) is 5.80. The standard InChI is InChI=1S/C22H22Cl2N2O2S/c1-2-6-19-21(15-9-10-16(23)17(24)13-15)26-22(29-19)25-20(28)12-11-18(27)14-7-4-3-5-8-14/h3-5,7-10,13,18,27H,2,6,11-12H2,1H3,(H,25,26,28)/t18-/m1/s1. The minimum atomic E-state index is -0.666. The topological polar surface area (TPSA) is 62.2 Å². The monoisotopic (exact) mass is 448 g/mol. The second-order valence-corrected chi connectivity index (χ2v) is 8.58. The van der Waals surface area contributed by atoms with Crippen molar-refractivity contribution in [2.24, 2.45) is 0 Å². The van der Waals surface area contributed by atoms with Gasteiger partial charge in [-0.15, -0.1) is 11.3 Å². The molecule has 0 aliphatic rings. The maximum absolute atomic E-state index is 12.4. The van der Waals surface area contributed by atoms with Crippen molar-refractivity contribution >= 4 is 45.6 Å². The molecule has 0 spiro atoms. The Bertz CT molecular complexity index is 976. The van der Waals surface area contributed by atoms with Gasteiger partial charge in [0.05, 0.1) is 21.8 Å². The van der Waals surface area contributed by atoms with Crippen molar-refractivity contribution in [1.82, 2.24) is 4.98 Å². The predicted molar refractivity (Wildman–Crippen MR) is 121 cm³/mol. The molecule has 0 radical (unpaired) electrons. The van der Waals surface area contributed by atoms with Crippen molar-refractivity contribution in [2.75, 3.05) is 5.32 Å². The van der Waals surface area contributed by atoms with Crippen LogP contribution in [-0.2, 0) is 11.2 Å². The number of hydrogen-bond donors (Lipinski definition) is 2. The molecule has 3 aromatic rings. The van der Waals surface area contributed by atoms with Crippen LogP contribution in [0.5, 0.6) is 0 Å². The highest BCUT2D eigenvalue weighted by Gasteiger charge is 2.16. The van der Waals surface area contributed by atoms with Crippen molar-refractivity contribution in [3.05, 3.63) is 69.0 Å². The Kier molecular flexibility index (Phi) is 7.67. The van der Waals surface area contributed by atoms with Crippen LogP contribution in [-0.4, -0.2) is 16.0 Å². The number of halogens is 2. The van der Waals surface area contributed by atoms with Crippen molar-refractivity contribution in [3.8, 4) is 11.3 Å². The molecule has 0 unspecified atom stereocenters. The van der Waals surface area contributed by atoms with Crippen LogP contribution < -0.4 is 5.32 Å². The van der Waals surface area contributed by atoms with Crippen molar-refractivity contribution in [3.63, 3.8) is 0 Å². The number of rotatable bonds is 8. The average Bonchev–Trinajstić information content (AvgIpc) is 3.11. The van der Waals surface area contributed by atoms with Gasteiger partial charge in [0.1, 0.15) is 0 Å². The van der Waals surface area contributed by atoms with E-state index in [9.17, 15) is 9.90 Å². The number of nitrogens with one attached hydrogen (secondary N) is 1. The summed E-state index contributed by atoms with van der Waals surface area (Å²) in [4.78, 5) is 18.1. The fraction of sp³-hybridized carbons (Fsp3) is 0.273. The van der Waals surface area contributed by atoms with Gasteiger partial charge in [0.2, 0.25) is 5.91 Å². The predicted octanol–water partition coefficient (Wildman–Crippen LogP) is 6.52. The summed E-state index contributed by atoms with van der Waals surface area (Å²) in [7, 11) is 0. The highest BCUT2D eigenvalue weighted by molar-refractivity contribution is 7.16. The maximum Gasteiger partial charge on any atom is 0.226 e. The lowest BCUT2D eigenvalue weighted by Crippen LogP contribution is -2.12. The van der Waals surface area contributed by atoms with Gasteiger partial charge in [-0.2, -0.15) is 0 Å². The number of nitrogens with zero attached hydrogens (tertiary/aromatic N) is 1. The van der Waals surface area contributed by atoms with Crippen LogP contribution in [0.1, 0.15) is 42.7 Å². The lowest BCUT2D eigenvalue weighted by atomic mass is 10.1. The SMILES string of the molecule is CCCc1sc(NC(=O)CC[C@@H](O)c2ccccc2)nc1-c1ccc(Cl)c(Cl)c1. The number of aliphatic hydroxyl groups is 1. The summed E-state index contributed by atoms with van der Waals surface area (Å²) in [6, 6.07) is 14.8. The van der Waals surface area contributed by atoms with E-state index in [0.29, 0.717) is 21.6 Å². The highest BCUT2D eigenvalue weighted by atomic mass is 35.5. The molecule has 152 valence electrons. The average molecular weight is 449 g/mol. The molecule has 0 aliphatic heterocycles. The molecular formula is C22H22Cl2N2O2S. The number of aryl methyl sites for hydroxylation is 1. The molecular weight excluding hydrogens is 427 g/mol. The zero-order chi connectivity index (χ0) is 20.8. The van der Waals surface area contributed by atoms with E-state index < -0.39 is 6.10 Å². The summed E-state index contributed by atoms with van der Waals surface area (Å²) in [5.41, 5.74) is 2.50. The van der Waals surface area contributed by atoms with E-state index in [1.165, 1.54) is 11.3 Å². The van der Waals surface area contributed by atoms with Crippen LogP contribution in [0.4, 0.5) is 5.13 Å². The molecule has 1 atom stereocenters. The third-order valence-electron chi connectivity index (χ3n) is 4.44. The second-order valence-electron chi connectivity index (χ2n) is 6.68. The first-order valence-corrected chi connectivity index (χ1v) is 11.0. The molecule has 7 heteroatoms. The van der Waals surface area contributed by atoms with E-state index in [0.717, 1.165) is 34.5 Å². The molecule has 1 heterocycles. The zero-order valence-electron chi connectivity index (χ0n) is 16.0. The number of anilines is 1. The number of thiazole rings is 1. The summed E-state index contributed by atoms with van der Waals surface area (Å²) in [6.45, 7) is 2.10. The molecule has 2 N–H and O–H groups in total. The van der Waals surface area contributed by atoms with Crippen molar-refractivity contribution in [2.45, 2.75) is 38.7 Å². The fourth-order valence-electron chi connectivity index (χ4n) is 2.96. The second kappa shape index (κ2) is 10.2. The number of aliphatic hydroxyl groups excluding tert-OH is 1. The summed E-state index contributed by atoms with van der Waals surface area (Å²) < 4.78 is 0. The molecule has 4 nitrogen and oxygen atoms in total. The summed E-state index contributed by atoms with van der Waals surface area (Å²) in [6.07, 6.45) is 1.72. The number of aromatic nitrogens is 1. The summed E-state index contributed by atoms with van der Waals surface area (Å²) in [5.74, 6) is -0.169. The van der Waals surface area contributed by atoms with E-state index in [1.54, 1.807) is 12.1 Å². The van der Waals surface area contributed by atoms with E-state index in [2.05, 4.69) is 17.2 Å². The Morgan fingerprint density at radius 3 is 2.62 bits per heavy atom. The Hall–Kier alpha value is -1.92. The molecule has 1 amide bonds. The van der Waals surface area contributed by atoms with Crippen LogP contribution in [0.25, 0.3) is 11.3 Å². The van der Waals surface area contributed by atoms with E-state index >= 15 is 0 Å². The number of carbonyl (C=O) groups is 1. The van der Waals surface area contributed by atoms with Gasteiger partial charge >= 0.3 is 0 Å². The first-order valence-electron chi connectivity index (χ1n) is 9.46. The quantitative estimate of drug-likeness (QED) is 0.412. The van der Waals surface area contributed by atoms with E-state index in [-0.39, 0.29) is 12.3 Å². The molecule has 29 heavy (non-hydrogen) atoms. The first kappa shape index (κ1) is 21.8. The Labute approximate surface area is 184 Å². The molecule has 3 rings (SSSR count). The Morgan fingerprint density at radius 2 is 1.93 bits per heavy atom. The van der Waals surface area contributed by atoms with E-state index in [1.807, 2.05) is 36.4 Å². The van der Waals surface area contributed by atoms with Gasteiger partial charge < -0.3 is 10.4 Å². The lowest BCUT2D eigenvalue weighted by molar-refractivity contribution is -0.116. The smallest absolute Gasteiger partial charge is 0.226 e. The maximum atomic E-state index is 12.4. The van der Waals surface area contributed by atoms with Crippen LogP contribution >= 0.6 is 34.5 Å². The van der Waals surface area contributed by atoms with Crippen molar-refractivity contribution < 1.29 is 9.90 Å². The molecule has 2 aromatic carbocycles. The van der Waals surface area contributed by atoms with E-state index in [4.69, 9.17) is 23.2 Å². The number of benzene rings is 2. The largest absolute Gasteiger partial charge is 0.388 e. The molecule has 0 saturated heterocycles. The van der Waals surface area contributed by atoms with Crippen LogP contribution in [0.3, 0.4) is 0 Å². The molecule has 0 saturated carbocycles. The number of carbonyl (C=O) groups excluding carboxylic acids is 1. The zero-order valence-corrected chi connectivity index (χ0v) is 18.3. The van der Waals surface area contributed by atoms with Gasteiger partial charge in [-0.25, -0.2) is 4.98 Å². The molecule has 1 aromatic heterocycles. The van der Waals surface area contributed by atoms with Crippen LogP contribution in [0.2, 0.25) is 10.0 Å². The third-order valence-corrected chi connectivity index (χ3v) is 6.21. The summed E-state index contributed by atoms with van der Waals surface area (Å²) >= 11 is 13.6. The van der Waals surface area contributed by atoms with Gasteiger partial charge in [0.25, 0.3) is 0 Å².